The van der Waals surface area contributed by atoms with Crippen molar-refractivity contribution in [3.8, 4) is 44.6 Å². The van der Waals surface area contributed by atoms with Gasteiger partial charge in [-0.1, -0.05) is 48.5 Å². The minimum atomic E-state index is -0.114. The number of aryl methyl sites for hydroxylation is 2. The Morgan fingerprint density at radius 1 is 0.431 bits per heavy atom. The standard InChI is InChI=1S/2C23H19N5O/c1-16-10-19(8-9-26-16)18-4-2-17(3-5-18)11-23(29)28-22-7-6-20(14-27-22)21-12-24-15-25-13-21;1-16-12-19(8-9-25-16)18-4-2-17(3-5-18)13-23(29)28-22-7-6-20(14-27-22)21-15-24-10-11-26-21/h2-10,12-15H,11H2,1H3,(H,27,28,29);2-12,14-15H,13H2,1H3,(H,27,28,29). The van der Waals surface area contributed by atoms with Crippen LogP contribution in [0.4, 0.5) is 11.6 Å². The van der Waals surface area contributed by atoms with Crippen molar-refractivity contribution < 1.29 is 9.59 Å². The number of hydrogen-bond donors (Lipinski definition) is 2. The Morgan fingerprint density at radius 3 is 1.38 bits per heavy atom. The van der Waals surface area contributed by atoms with Gasteiger partial charge in [0.25, 0.3) is 0 Å². The van der Waals surface area contributed by atoms with E-state index in [0.717, 1.165) is 67.2 Å². The summed E-state index contributed by atoms with van der Waals surface area (Å²) in [5, 5.41) is 5.66. The molecule has 8 aromatic rings. The number of pyridine rings is 4. The van der Waals surface area contributed by atoms with E-state index in [2.05, 4.69) is 50.5 Å². The van der Waals surface area contributed by atoms with E-state index in [0.29, 0.717) is 11.6 Å². The Kier molecular flexibility index (Phi) is 12.4. The molecular weight excluding hydrogens is 725 g/mol. The summed E-state index contributed by atoms with van der Waals surface area (Å²) in [6.45, 7) is 3.94. The SMILES string of the molecule is Cc1cc(-c2ccc(CC(=O)Nc3ccc(-c4cnccn4)cn3)cc2)ccn1.Cc1cc(-c2ccc(CC(=O)Nc3ccc(-c4cncnc4)cn3)cc2)ccn1. The number of carbonyl (C=O) groups is 2. The molecule has 0 bridgehead atoms. The van der Waals surface area contributed by atoms with Gasteiger partial charge in [0.2, 0.25) is 11.8 Å². The van der Waals surface area contributed by atoms with Crippen molar-refractivity contribution in [1.82, 2.24) is 39.9 Å². The van der Waals surface area contributed by atoms with Crippen LogP contribution in [0, 0.1) is 13.8 Å². The number of benzene rings is 2. The third-order valence-corrected chi connectivity index (χ3v) is 8.91. The second kappa shape index (κ2) is 18.7. The third-order valence-electron chi connectivity index (χ3n) is 8.91. The molecule has 0 saturated heterocycles. The lowest BCUT2D eigenvalue weighted by atomic mass is 10.0. The Balaban J connectivity index is 0.000000177. The zero-order valence-corrected chi connectivity index (χ0v) is 31.8. The highest BCUT2D eigenvalue weighted by Gasteiger charge is 2.09. The van der Waals surface area contributed by atoms with Gasteiger partial charge in [0.15, 0.2) is 0 Å². The number of rotatable bonds is 10. The van der Waals surface area contributed by atoms with Gasteiger partial charge in [-0.05, 0) is 95.8 Å². The second-order valence-corrected chi connectivity index (χ2v) is 13.3. The Hall–Kier alpha value is -7.86. The first-order valence-corrected chi connectivity index (χ1v) is 18.4. The van der Waals surface area contributed by atoms with Gasteiger partial charge in [-0.3, -0.25) is 29.5 Å². The first kappa shape index (κ1) is 38.4. The topological polar surface area (TPSA) is 161 Å². The van der Waals surface area contributed by atoms with Crippen molar-refractivity contribution in [2.45, 2.75) is 26.7 Å². The van der Waals surface area contributed by atoms with Crippen LogP contribution in [0.2, 0.25) is 0 Å². The monoisotopic (exact) mass is 762 g/mol. The fourth-order valence-corrected chi connectivity index (χ4v) is 5.98. The normalized spacial score (nSPS) is 10.5. The predicted octanol–water partition coefficient (Wildman–Crippen LogP) is 8.18. The van der Waals surface area contributed by atoms with E-state index in [1.807, 2.05) is 98.8 Å². The number of nitrogens with zero attached hydrogens (tertiary/aromatic N) is 8. The molecule has 2 N–H and O–H groups in total. The Labute approximate surface area is 335 Å². The first-order valence-electron chi connectivity index (χ1n) is 18.4. The quantitative estimate of drug-likeness (QED) is 0.139. The molecule has 0 fully saturated rings. The number of nitrogens with one attached hydrogen (secondary N) is 2. The predicted molar refractivity (Wildman–Crippen MR) is 224 cm³/mol. The summed E-state index contributed by atoms with van der Waals surface area (Å²) in [4.78, 5) is 58.0. The molecule has 0 aliphatic heterocycles. The summed E-state index contributed by atoms with van der Waals surface area (Å²) in [6.07, 6.45) is 17.4. The minimum Gasteiger partial charge on any atom is -0.310 e. The summed E-state index contributed by atoms with van der Waals surface area (Å²) >= 11 is 0. The van der Waals surface area contributed by atoms with E-state index >= 15 is 0 Å². The summed E-state index contributed by atoms with van der Waals surface area (Å²) < 4.78 is 0. The van der Waals surface area contributed by atoms with Gasteiger partial charge >= 0.3 is 0 Å². The van der Waals surface area contributed by atoms with E-state index < -0.39 is 0 Å². The largest absolute Gasteiger partial charge is 0.310 e. The van der Waals surface area contributed by atoms with Gasteiger partial charge in [-0.15, -0.1) is 0 Å². The van der Waals surface area contributed by atoms with Crippen molar-refractivity contribution >= 4 is 23.5 Å². The molecule has 0 spiro atoms. The minimum absolute atomic E-state index is 0.110. The van der Waals surface area contributed by atoms with Gasteiger partial charge in [0, 0.05) is 77.7 Å². The van der Waals surface area contributed by atoms with E-state index in [-0.39, 0.29) is 24.7 Å². The smallest absolute Gasteiger partial charge is 0.229 e. The van der Waals surface area contributed by atoms with Crippen LogP contribution in [-0.2, 0) is 22.4 Å². The fraction of sp³-hybridized carbons (Fsp3) is 0.0870. The van der Waals surface area contributed by atoms with Gasteiger partial charge < -0.3 is 10.6 Å². The number of carbonyl (C=O) groups excluding carboxylic acids is 2. The number of aromatic nitrogens is 8. The Bertz CT molecular complexity index is 2400. The summed E-state index contributed by atoms with van der Waals surface area (Å²) in [5.74, 6) is 0.795. The van der Waals surface area contributed by atoms with Crippen LogP contribution >= 0.6 is 0 Å². The molecule has 2 aromatic carbocycles. The van der Waals surface area contributed by atoms with E-state index in [9.17, 15) is 9.59 Å². The highest BCUT2D eigenvalue weighted by atomic mass is 16.2. The zero-order valence-electron chi connectivity index (χ0n) is 31.8. The molecule has 0 radical (unpaired) electrons. The summed E-state index contributed by atoms with van der Waals surface area (Å²) in [5.41, 5.74) is 11.6. The lowest BCUT2D eigenvalue weighted by Crippen LogP contribution is -2.15. The van der Waals surface area contributed by atoms with Crippen molar-refractivity contribution in [2.24, 2.45) is 0 Å². The molecule has 0 atom stereocenters. The summed E-state index contributed by atoms with van der Waals surface area (Å²) in [6, 6.07) is 31.3. The molecular formula is C46H38N10O2. The van der Waals surface area contributed by atoms with Crippen LogP contribution in [0.1, 0.15) is 22.5 Å². The average Bonchev–Trinajstić information content (AvgIpc) is 3.25. The van der Waals surface area contributed by atoms with Gasteiger partial charge in [0.05, 0.1) is 24.7 Å². The number of anilines is 2. The van der Waals surface area contributed by atoms with Crippen molar-refractivity contribution in [3.63, 3.8) is 0 Å². The second-order valence-electron chi connectivity index (χ2n) is 13.3. The zero-order chi connectivity index (χ0) is 40.1. The highest BCUT2D eigenvalue weighted by Crippen LogP contribution is 2.23. The molecule has 8 rings (SSSR count). The molecule has 6 heterocycles. The molecule has 284 valence electrons. The average molecular weight is 763 g/mol. The molecule has 58 heavy (non-hydrogen) atoms. The third kappa shape index (κ3) is 10.7. The maximum atomic E-state index is 12.4. The van der Waals surface area contributed by atoms with Crippen LogP contribution in [0.15, 0.2) is 159 Å². The van der Waals surface area contributed by atoms with Crippen LogP contribution in [0.5, 0.6) is 0 Å². The molecule has 12 heteroatoms. The van der Waals surface area contributed by atoms with Gasteiger partial charge in [0.1, 0.15) is 18.0 Å². The number of amides is 2. The van der Waals surface area contributed by atoms with Gasteiger partial charge in [-0.25, -0.2) is 19.9 Å². The maximum absolute atomic E-state index is 12.4. The molecule has 0 aliphatic rings. The van der Waals surface area contributed by atoms with Crippen LogP contribution in [0.3, 0.4) is 0 Å². The lowest BCUT2D eigenvalue weighted by Gasteiger charge is -2.07. The van der Waals surface area contributed by atoms with Crippen molar-refractivity contribution in [1.29, 1.82) is 0 Å². The fourth-order valence-electron chi connectivity index (χ4n) is 5.98. The van der Waals surface area contributed by atoms with Crippen LogP contribution in [-0.4, -0.2) is 51.7 Å². The maximum Gasteiger partial charge on any atom is 0.229 e. The number of hydrogen-bond acceptors (Lipinski definition) is 10. The van der Waals surface area contributed by atoms with E-state index in [4.69, 9.17) is 0 Å². The van der Waals surface area contributed by atoms with E-state index in [1.165, 1.54) is 6.33 Å². The molecule has 12 nitrogen and oxygen atoms in total. The van der Waals surface area contributed by atoms with Gasteiger partial charge in [-0.2, -0.15) is 0 Å². The Morgan fingerprint density at radius 2 is 0.931 bits per heavy atom. The lowest BCUT2D eigenvalue weighted by molar-refractivity contribution is -0.116. The van der Waals surface area contributed by atoms with Crippen molar-refractivity contribution in [2.75, 3.05) is 10.6 Å². The van der Waals surface area contributed by atoms with E-state index in [1.54, 1.807) is 67.9 Å². The first-order chi connectivity index (χ1) is 28.3. The summed E-state index contributed by atoms with van der Waals surface area (Å²) in [7, 11) is 0. The molecule has 0 unspecified atom stereocenters. The molecule has 0 saturated carbocycles. The molecule has 6 aromatic heterocycles. The highest BCUT2D eigenvalue weighted by molar-refractivity contribution is 5.92. The van der Waals surface area contributed by atoms with Crippen LogP contribution < -0.4 is 10.6 Å². The van der Waals surface area contributed by atoms with Crippen LogP contribution in [0.25, 0.3) is 44.6 Å². The molecule has 0 aliphatic carbocycles. The molecule has 2 amide bonds. The van der Waals surface area contributed by atoms with Crippen molar-refractivity contribution in [3.05, 3.63) is 182 Å².